The van der Waals surface area contributed by atoms with Crippen LogP contribution in [0.15, 0.2) is 23.3 Å². The minimum Gasteiger partial charge on any atom is -1.00 e. The van der Waals surface area contributed by atoms with Gasteiger partial charge in [0.15, 0.2) is 0 Å². The molecule has 0 aromatic carbocycles. The molecule has 0 aromatic heterocycles. The first-order chi connectivity index (χ1) is 8.72. The number of hydrogen-bond donors (Lipinski definition) is 0. The second-order valence-electron chi connectivity index (χ2n) is 4.60. The van der Waals surface area contributed by atoms with Crippen molar-refractivity contribution in [3.63, 3.8) is 0 Å². The summed E-state index contributed by atoms with van der Waals surface area (Å²) in [6.45, 7) is 6.51. The summed E-state index contributed by atoms with van der Waals surface area (Å²) in [5.74, 6) is 0. The maximum absolute atomic E-state index is 8.74. The van der Waals surface area contributed by atoms with Gasteiger partial charge in [-0.15, -0.1) is 0 Å². The molecule has 0 aliphatic heterocycles. The van der Waals surface area contributed by atoms with Crippen molar-refractivity contribution in [1.29, 1.82) is 0 Å². The van der Waals surface area contributed by atoms with E-state index in [-0.39, 0.29) is 50.3 Å². The Balaban J connectivity index is -0.00000108. The average Bonchev–Trinajstić information content (AvgIpc) is 2.39. The maximum Gasteiger partial charge on any atom is 0.316 e. The third-order valence-corrected chi connectivity index (χ3v) is 3.46. The van der Waals surface area contributed by atoms with Crippen LogP contribution >= 0.6 is 11.6 Å². The van der Waals surface area contributed by atoms with Gasteiger partial charge in [0.25, 0.3) is 0 Å². The van der Waals surface area contributed by atoms with E-state index >= 15 is 0 Å². The molecular weight excluding hydrogens is 382 g/mol. The summed E-state index contributed by atoms with van der Waals surface area (Å²) in [5, 5.41) is 0.734. The van der Waals surface area contributed by atoms with E-state index in [1.807, 2.05) is 12.2 Å². The Labute approximate surface area is 158 Å². The predicted molar refractivity (Wildman–Crippen MR) is 76.9 cm³/mol. The molecule has 3 nitrogen and oxygen atoms in total. The topological polar surface area (TPSA) is 39.6 Å². The fourth-order valence-corrected chi connectivity index (χ4v) is 2.35. The largest absolute Gasteiger partial charge is 1.00 e. The second-order valence-corrected chi connectivity index (χ2v) is 5.04. The molecular formula is C14H22Cl3N3Zn-2. The van der Waals surface area contributed by atoms with Crippen LogP contribution in [0.5, 0.6) is 0 Å². The predicted octanol–water partition coefficient (Wildman–Crippen LogP) is -2.37. The van der Waals surface area contributed by atoms with E-state index in [0.29, 0.717) is 5.71 Å². The average molecular weight is 404 g/mol. The third-order valence-electron chi connectivity index (χ3n) is 3.12. The van der Waals surface area contributed by atoms with Gasteiger partial charge >= 0.3 is 5.71 Å². The molecule has 0 amide bonds. The minimum absolute atomic E-state index is 0. The molecule has 1 aliphatic carbocycles. The first kappa shape index (κ1) is 26.2. The van der Waals surface area contributed by atoms with Crippen molar-refractivity contribution < 1.29 is 49.1 Å². The van der Waals surface area contributed by atoms with Crippen LogP contribution in [0.3, 0.4) is 0 Å². The second kappa shape index (κ2) is 15.2. The van der Waals surface area contributed by atoms with Crippen LogP contribution in [0.1, 0.15) is 39.5 Å². The van der Waals surface area contributed by atoms with E-state index in [1.165, 1.54) is 25.7 Å². The molecule has 21 heavy (non-hydrogen) atoms. The Hall–Kier alpha value is 0.313. The molecule has 1 unspecified atom stereocenters. The van der Waals surface area contributed by atoms with E-state index in [1.54, 1.807) is 6.08 Å². The number of hydrogen-bond acceptors (Lipinski definition) is 1. The SMILES string of the molecule is CCCCN(CCCC)C1C=CC(=[N+]=[N-])C=C1Cl.[Cl-].[Cl-].[Zn]. The van der Waals surface area contributed by atoms with Crippen molar-refractivity contribution in [3.8, 4) is 0 Å². The molecule has 1 aliphatic rings. The van der Waals surface area contributed by atoms with Gasteiger partial charge in [0.1, 0.15) is 0 Å². The molecule has 7 heteroatoms. The molecule has 0 heterocycles. The fourth-order valence-electron chi connectivity index (χ4n) is 2.03. The van der Waals surface area contributed by atoms with Crippen LogP contribution in [-0.2, 0) is 19.5 Å². The normalized spacial score (nSPS) is 16.3. The Bertz CT molecular complexity index is 372. The van der Waals surface area contributed by atoms with Gasteiger partial charge in [-0.05, 0) is 25.9 Å². The van der Waals surface area contributed by atoms with Gasteiger partial charge in [0.2, 0.25) is 0 Å². The molecule has 118 valence electrons. The Morgan fingerprint density at radius 1 is 1.19 bits per heavy atom. The van der Waals surface area contributed by atoms with Crippen molar-refractivity contribution in [1.82, 2.24) is 4.90 Å². The van der Waals surface area contributed by atoms with Gasteiger partial charge in [-0.25, -0.2) is 0 Å². The summed E-state index contributed by atoms with van der Waals surface area (Å²) < 4.78 is 0. The number of allylic oxidation sites excluding steroid dienone is 2. The van der Waals surface area contributed by atoms with Crippen molar-refractivity contribution in [2.75, 3.05) is 13.1 Å². The summed E-state index contributed by atoms with van der Waals surface area (Å²) in [4.78, 5) is 5.57. The third kappa shape index (κ3) is 9.13. The fraction of sp³-hybridized carbons (Fsp3) is 0.643. The van der Waals surface area contributed by atoms with Crippen LogP contribution in [0.25, 0.3) is 5.53 Å². The van der Waals surface area contributed by atoms with E-state index in [4.69, 9.17) is 17.1 Å². The first-order valence-corrected chi connectivity index (χ1v) is 7.12. The summed E-state index contributed by atoms with van der Waals surface area (Å²) in [6.07, 6.45) is 10.3. The molecule has 1 rings (SSSR count). The first-order valence-electron chi connectivity index (χ1n) is 6.74. The molecule has 0 N–H and O–H groups in total. The van der Waals surface area contributed by atoms with Crippen LogP contribution in [0.4, 0.5) is 0 Å². The maximum atomic E-state index is 8.74. The molecule has 0 bridgehead atoms. The van der Waals surface area contributed by atoms with Crippen LogP contribution in [0, 0.1) is 0 Å². The molecule has 0 spiro atoms. The Morgan fingerprint density at radius 3 is 2.10 bits per heavy atom. The van der Waals surface area contributed by atoms with E-state index in [0.717, 1.165) is 18.1 Å². The quantitative estimate of drug-likeness (QED) is 0.266. The Morgan fingerprint density at radius 2 is 1.71 bits per heavy atom. The minimum atomic E-state index is 0. The number of halogens is 3. The number of unbranched alkanes of at least 4 members (excludes halogenated alkanes) is 2. The van der Waals surface area contributed by atoms with Crippen molar-refractivity contribution in [3.05, 3.63) is 28.8 Å². The van der Waals surface area contributed by atoms with E-state index < -0.39 is 0 Å². The number of rotatable bonds is 7. The zero-order valence-electron chi connectivity index (χ0n) is 12.7. The summed E-state index contributed by atoms with van der Waals surface area (Å²) in [6, 6.07) is 0.135. The van der Waals surface area contributed by atoms with Gasteiger partial charge in [-0.3, -0.25) is 4.90 Å². The van der Waals surface area contributed by atoms with Gasteiger partial charge in [0, 0.05) is 36.7 Å². The van der Waals surface area contributed by atoms with Gasteiger partial charge in [0.05, 0.1) is 6.04 Å². The van der Waals surface area contributed by atoms with Crippen LogP contribution < -0.4 is 24.8 Å². The standard InChI is InChI=1S/C14H22ClN3.2ClH.Zn/c1-3-5-9-18(10-6-4-2)14-8-7-12(17-16)11-13(14)15;;;/h7-8,11,14H,3-6,9-10H2,1-2H3;2*1H;/p-2. The Kier molecular flexibility index (Phi) is 19.0. The van der Waals surface area contributed by atoms with Crippen molar-refractivity contribution in [2.45, 2.75) is 45.6 Å². The molecule has 0 fully saturated rings. The number of nitrogens with zero attached hydrogens (tertiary/aromatic N) is 3. The molecule has 0 saturated heterocycles. The molecule has 0 radical (unpaired) electrons. The summed E-state index contributed by atoms with van der Waals surface area (Å²) in [5.41, 5.74) is 9.25. The van der Waals surface area contributed by atoms with Gasteiger partial charge < -0.3 is 30.3 Å². The monoisotopic (exact) mass is 401 g/mol. The van der Waals surface area contributed by atoms with Gasteiger partial charge in [-0.2, -0.15) is 4.79 Å². The van der Waals surface area contributed by atoms with Crippen LogP contribution in [-0.4, -0.2) is 34.5 Å². The van der Waals surface area contributed by atoms with E-state index in [2.05, 4.69) is 23.5 Å². The zero-order chi connectivity index (χ0) is 13.4. The van der Waals surface area contributed by atoms with Crippen LogP contribution in [0.2, 0.25) is 0 Å². The van der Waals surface area contributed by atoms with E-state index in [9.17, 15) is 0 Å². The van der Waals surface area contributed by atoms with Crippen molar-refractivity contribution in [2.24, 2.45) is 0 Å². The smallest absolute Gasteiger partial charge is 0.316 e. The molecule has 0 saturated carbocycles. The zero-order valence-corrected chi connectivity index (χ0v) is 18.0. The molecule has 0 aromatic rings. The van der Waals surface area contributed by atoms with Gasteiger partial charge in [-0.1, -0.05) is 44.4 Å². The summed E-state index contributed by atoms with van der Waals surface area (Å²) in [7, 11) is 0. The van der Waals surface area contributed by atoms with Crippen molar-refractivity contribution >= 4 is 17.3 Å². The summed E-state index contributed by atoms with van der Waals surface area (Å²) >= 11 is 6.29. The molecule has 1 atom stereocenters.